The van der Waals surface area contributed by atoms with Crippen molar-refractivity contribution in [3.63, 3.8) is 0 Å². The number of hydrogen-bond donors (Lipinski definition) is 1. The third kappa shape index (κ3) is 4.13. The maximum Gasteiger partial charge on any atom is 0.340 e. The number of nitrogens with one attached hydrogen (secondary N) is 1. The Morgan fingerprint density at radius 2 is 1.96 bits per heavy atom. The van der Waals surface area contributed by atoms with Crippen LogP contribution in [0.15, 0.2) is 54.9 Å². The Morgan fingerprint density at radius 1 is 1.18 bits per heavy atom. The second kappa shape index (κ2) is 8.46. The number of esters is 1. The van der Waals surface area contributed by atoms with Crippen LogP contribution in [0.25, 0.3) is 5.69 Å². The molecule has 28 heavy (non-hydrogen) atoms. The van der Waals surface area contributed by atoms with Gasteiger partial charge in [-0.2, -0.15) is 10.4 Å². The van der Waals surface area contributed by atoms with Crippen LogP contribution in [0.5, 0.6) is 5.88 Å². The summed E-state index contributed by atoms with van der Waals surface area (Å²) in [6, 6.07) is 14.0. The zero-order valence-electron chi connectivity index (χ0n) is 14.8. The maximum atomic E-state index is 12.2. The van der Waals surface area contributed by atoms with E-state index in [0.29, 0.717) is 11.6 Å². The number of rotatable bonds is 6. The number of hydrogen-bond acceptors (Lipinski definition) is 7. The van der Waals surface area contributed by atoms with Crippen LogP contribution >= 0.6 is 0 Å². The molecule has 9 nitrogen and oxygen atoms in total. The van der Waals surface area contributed by atoms with E-state index in [-0.39, 0.29) is 16.9 Å². The molecule has 1 aromatic carbocycles. The fourth-order valence-corrected chi connectivity index (χ4v) is 2.32. The predicted octanol–water partition coefficient (Wildman–Crippen LogP) is 1.94. The largest absolute Gasteiger partial charge is 0.481 e. The summed E-state index contributed by atoms with van der Waals surface area (Å²) in [4.78, 5) is 28.1. The zero-order chi connectivity index (χ0) is 19.9. The van der Waals surface area contributed by atoms with Gasteiger partial charge < -0.3 is 14.8 Å². The van der Waals surface area contributed by atoms with E-state index in [1.807, 2.05) is 12.1 Å². The van der Waals surface area contributed by atoms with E-state index in [1.54, 1.807) is 24.3 Å². The van der Waals surface area contributed by atoms with Crippen molar-refractivity contribution in [1.29, 1.82) is 5.26 Å². The maximum absolute atomic E-state index is 12.2. The zero-order valence-corrected chi connectivity index (χ0v) is 14.8. The highest BCUT2D eigenvalue weighted by Gasteiger charge is 2.17. The lowest BCUT2D eigenvalue weighted by Crippen LogP contribution is -2.23. The van der Waals surface area contributed by atoms with Crippen LogP contribution in [0.4, 0.5) is 5.82 Å². The van der Waals surface area contributed by atoms with Crippen molar-refractivity contribution in [1.82, 2.24) is 14.8 Å². The molecule has 140 valence electrons. The number of nitriles is 1. The van der Waals surface area contributed by atoms with Crippen LogP contribution in [0.1, 0.15) is 15.9 Å². The number of aromatic nitrogens is 3. The lowest BCUT2D eigenvalue weighted by molar-refractivity contribution is -0.119. The second-order valence-electron chi connectivity index (χ2n) is 5.48. The Kier molecular flexibility index (Phi) is 5.62. The van der Waals surface area contributed by atoms with E-state index < -0.39 is 18.5 Å². The lowest BCUT2D eigenvalue weighted by Gasteiger charge is -2.10. The summed E-state index contributed by atoms with van der Waals surface area (Å²) in [5.41, 5.74) is 1.03. The van der Waals surface area contributed by atoms with Gasteiger partial charge in [-0.25, -0.2) is 14.5 Å². The fourth-order valence-electron chi connectivity index (χ4n) is 2.32. The van der Waals surface area contributed by atoms with Gasteiger partial charge in [-0.3, -0.25) is 4.79 Å². The molecule has 0 aliphatic rings. The third-order valence-corrected chi connectivity index (χ3v) is 3.66. The molecule has 0 aliphatic heterocycles. The normalized spacial score (nSPS) is 10.0. The molecular formula is C19H15N5O4. The van der Waals surface area contributed by atoms with E-state index in [4.69, 9.17) is 9.47 Å². The Labute approximate surface area is 160 Å². The van der Waals surface area contributed by atoms with Crippen LogP contribution in [0.3, 0.4) is 0 Å². The SMILES string of the molecule is COc1ccc(C(=O)OCC(=O)Nc2c(C#N)cnn2-c2ccccc2)cn1. The first kappa shape index (κ1) is 18.6. The molecule has 1 N–H and O–H groups in total. The highest BCUT2D eigenvalue weighted by molar-refractivity contribution is 5.95. The minimum atomic E-state index is -0.706. The number of pyridine rings is 1. The minimum absolute atomic E-state index is 0.181. The monoisotopic (exact) mass is 377 g/mol. The molecule has 2 aromatic heterocycles. The quantitative estimate of drug-likeness (QED) is 0.652. The Balaban J connectivity index is 1.67. The number of carbonyl (C=O) groups excluding carboxylic acids is 2. The van der Waals surface area contributed by atoms with Crippen molar-refractivity contribution in [2.45, 2.75) is 0 Å². The first-order valence-electron chi connectivity index (χ1n) is 8.13. The van der Waals surface area contributed by atoms with Gasteiger partial charge in [-0.1, -0.05) is 18.2 Å². The molecule has 0 fully saturated rings. The van der Waals surface area contributed by atoms with Crippen molar-refractivity contribution in [2.75, 3.05) is 19.0 Å². The molecule has 9 heteroatoms. The van der Waals surface area contributed by atoms with Crippen LogP contribution < -0.4 is 10.1 Å². The molecule has 3 rings (SSSR count). The Morgan fingerprint density at radius 3 is 2.61 bits per heavy atom. The molecule has 0 unspecified atom stereocenters. The van der Waals surface area contributed by atoms with Crippen molar-refractivity contribution in [2.24, 2.45) is 0 Å². The number of carbonyl (C=O) groups is 2. The molecule has 0 saturated carbocycles. The standard InChI is InChI=1S/C19H15N5O4/c1-27-17-8-7-13(10-21-17)19(26)28-12-16(25)23-18-14(9-20)11-22-24(18)15-5-3-2-4-6-15/h2-8,10-11H,12H2,1H3,(H,23,25). The molecule has 3 aromatic rings. The van der Waals surface area contributed by atoms with Crippen molar-refractivity contribution < 1.29 is 19.1 Å². The molecule has 2 heterocycles. The van der Waals surface area contributed by atoms with E-state index in [2.05, 4.69) is 15.4 Å². The van der Waals surface area contributed by atoms with Crippen molar-refractivity contribution in [3.8, 4) is 17.6 Å². The van der Waals surface area contributed by atoms with Gasteiger partial charge in [-0.15, -0.1) is 0 Å². The topological polar surface area (TPSA) is 119 Å². The summed E-state index contributed by atoms with van der Waals surface area (Å²) >= 11 is 0. The first-order chi connectivity index (χ1) is 13.6. The summed E-state index contributed by atoms with van der Waals surface area (Å²) in [7, 11) is 1.46. The van der Waals surface area contributed by atoms with Crippen LogP contribution in [-0.2, 0) is 9.53 Å². The number of ether oxygens (including phenoxy) is 2. The number of amides is 1. The molecule has 0 radical (unpaired) electrons. The highest BCUT2D eigenvalue weighted by atomic mass is 16.5. The summed E-state index contributed by atoms with van der Waals surface area (Å²) < 4.78 is 11.3. The van der Waals surface area contributed by atoms with Crippen LogP contribution in [0.2, 0.25) is 0 Å². The second-order valence-corrected chi connectivity index (χ2v) is 5.48. The van der Waals surface area contributed by atoms with Gasteiger partial charge in [0.15, 0.2) is 12.4 Å². The Bertz CT molecular complexity index is 1020. The lowest BCUT2D eigenvalue weighted by atomic mass is 10.3. The summed E-state index contributed by atoms with van der Waals surface area (Å²) in [5, 5.41) is 15.9. The third-order valence-electron chi connectivity index (χ3n) is 3.66. The molecule has 0 spiro atoms. The number of para-hydroxylation sites is 1. The van der Waals surface area contributed by atoms with Crippen LogP contribution in [-0.4, -0.2) is 40.4 Å². The van der Waals surface area contributed by atoms with E-state index in [9.17, 15) is 14.9 Å². The smallest absolute Gasteiger partial charge is 0.340 e. The van der Waals surface area contributed by atoms with E-state index in [1.165, 1.54) is 36.3 Å². The van der Waals surface area contributed by atoms with E-state index >= 15 is 0 Å². The van der Waals surface area contributed by atoms with Gasteiger partial charge in [0.2, 0.25) is 5.88 Å². The fraction of sp³-hybridized carbons (Fsp3) is 0.105. The molecule has 0 aliphatic carbocycles. The summed E-state index contributed by atoms with van der Waals surface area (Å²) in [5.74, 6) is -0.764. The van der Waals surface area contributed by atoms with Crippen molar-refractivity contribution in [3.05, 3.63) is 66.0 Å². The Hall–Kier alpha value is -4.19. The first-order valence-corrected chi connectivity index (χ1v) is 8.13. The number of nitrogens with zero attached hydrogens (tertiary/aromatic N) is 4. The van der Waals surface area contributed by atoms with Crippen LogP contribution in [0, 0.1) is 11.3 Å². The number of anilines is 1. The summed E-state index contributed by atoms with van der Waals surface area (Å²) in [6.07, 6.45) is 2.63. The van der Waals surface area contributed by atoms with Gasteiger partial charge in [-0.05, 0) is 18.2 Å². The van der Waals surface area contributed by atoms with Gasteiger partial charge in [0.25, 0.3) is 5.91 Å². The average Bonchev–Trinajstić information content (AvgIpc) is 3.15. The van der Waals surface area contributed by atoms with Gasteiger partial charge >= 0.3 is 5.97 Å². The number of methoxy groups -OCH3 is 1. The molecule has 0 bridgehead atoms. The highest BCUT2D eigenvalue weighted by Crippen LogP contribution is 2.19. The summed E-state index contributed by atoms with van der Waals surface area (Å²) in [6.45, 7) is -0.532. The molecule has 0 saturated heterocycles. The van der Waals surface area contributed by atoms with E-state index in [0.717, 1.165) is 0 Å². The minimum Gasteiger partial charge on any atom is -0.481 e. The number of benzene rings is 1. The van der Waals surface area contributed by atoms with Gasteiger partial charge in [0.05, 0.1) is 24.6 Å². The molecule has 0 atom stereocenters. The molecule has 1 amide bonds. The van der Waals surface area contributed by atoms with Gasteiger partial charge in [0, 0.05) is 12.3 Å². The van der Waals surface area contributed by atoms with Crippen molar-refractivity contribution >= 4 is 17.7 Å². The predicted molar refractivity (Wildman–Crippen MR) is 98.0 cm³/mol. The average molecular weight is 377 g/mol. The van der Waals surface area contributed by atoms with Gasteiger partial charge in [0.1, 0.15) is 11.6 Å². The molecular weight excluding hydrogens is 362 g/mol.